The fraction of sp³-hybridized carbons (Fsp3) is 0.905. The molecule has 0 aromatic heterocycles. The number of nitrogens with zero attached hydrogens (tertiary/aromatic N) is 2. The summed E-state index contributed by atoms with van der Waals surface area (Å²) < 4.78 is 0. The molecule has 54 heavy (non-hydrogen) atoms. The molecule has 0 fully saturated rings. The zero-order valence-corrected chi connectivity index (χ0v) is 33.4. The molecular formula is C42H88N6O6. The Balaban J connectivity index is -0.0000130. The van der Waals surface area contributed by atoms with Crippen molar-refractivity contribution in [2.24, 2.45) is 5.73 Å². The van der Waals surface area contributed by atoms with E-state index in [0.29, 0.717) is 71.2 Å². The van der Waals surface area contributed by atoms with Crippen molar-refractivity contribution in [1.29, 1.82) is 0 Å². The monoisotopic (exact) mass is 773 g/mol. The van der Waals surface area contributed by atoms with E-state index in [2.05, 4.69) is 30.0 Å². The van der Waals surface area contributed by atoms with Crippen LogP contribution in [0.25, 0.3) is 0 Å². The van der Waals surface area contributed by atoms with Gasteiger partial charge in [0.2, 0.25) is 17.7 Å². The summed E-state index contributed by atoms with van der Waals surface area (Å²) in [7, 11) is 0. The largest absolute Gasteiger partial charge is 0.394 e. The van der Waals surface area contributed by atoms with Gasteiger partial charge in [-0.1, -0.05) is 131 Å². The van der Waals surface area contributed by atoms with E-state index in [0.717, 1.165) is 44.9 Å². The van der Waals surface area contributed by atoms with E-state index in [4.69, 9.17) is 10.8 Å². The topological polar surface area (TPSA) is 177 Å². The molecule has 0 rings (SSSR count). The number of aldehydes is 1. The first kappa shape index (κ1) is 56.2. The van der Waals surface area contributed by atoms with Crippen molar-refractivity contribution in [2.75, 3.05) is 52.5 Å². The van der Waals surface area contributed by atoms with Crippen LogP contribution in [-0.4, -0.2) is 109 Å². The van der Waals surface area contributed by atoms with Gasteiger partial charge in [-0.15, -0.1) is 0 Å². The summed E-state index contributed by atoms with van der Waals surface area (Å²) in [6.07, 6.45) is 26.1. The molecule has 0 aliphatic heterocycles. The minimum absolute atomic E-state index is 0. The molecular weight excluding hydrogens is 684 g/mol. The van der Waals surface area contributed by atoms with Gasteiger partial charge in [0, 0.05) is 52.1 Å². The molecule has 7 N–H and O–H groups in total. The SMILES string of the molecule is C.C.CCCCCCCCCCCC(=O)N(CCCCN(CCCNC(=O)[C@@H](N)CO)C(=O)CCCCCCCCCCC)CCCNN[C@@H](C=O)CO. The summed E-state index contributed by atoms with van der Waals surface area (Å²) in [6, 6.07) is -1.61. The van der Waals surface area contributed by atoms with Crippen LogP contribution in [0, 0.1) is 0 Å². The highest BCUT2D eigenvalue weighted by molar-refractivity contribution is 5.81. The highest BCUT2D eigenvalue weighted by Crippen LogP contribution is 2.14. The Morgan fingerprint density at radius 2 is 0.963 bits per heavy atom. The lowest BCUT2D eigenvalue weighted by atomic mass is 10.1. The van der Waals surface area contributed by atoms with E-state index in [1.807, 2.05) is 9.80 Å². The van der Waals surface area contributed by atoms with Gasteiger partial charge < -0.3 is 35.9 Å². The smallest absolute Gasteiger partial charge is 0.239 e. The van der Waals surface area contributed by atoms with Gasteiger partial charge in [0.25, 0.3) is 0 Å². The lowest BCUT2D eigenvalue weighted by molar-refractivity contribution is -0.133. The second-order valence-electron chi connectivity index (χ2n) is 14.4. The number of carbonyl (C=O) groups excluding carboxylic acids is 4. The van der Waals surface area contributed by atoms with Crippen molar-refractivity contribution in [3.05, 3.63) is 0 Å². The predicted molar refractivity (Wildman–Crippen MR) is 225 cm³/mol. The normalized spacial score (nSPS) is 11.9. The molecule has 322 valence electrons. The standard InChI is InChI=1S/C40H80N6O6.2CH4/c1-3-5-7-9-11-13-15-17-19-25-38(50)45(31-23-27-42-40(52)37(41)35-49)29-21-22-30-46(32-24-28-43-44-36(33-47)34-48)39(51)26-20-18-16-14-12-10-8-6-4-2;;/h33,36-37,43-44,48-49H,3-32,34-35,41H2,1-2H3,(H,42,52);2*1H4/t36-,37-;;/m0../s1. The van der Waals surface area contributed by atoms with Gasteiger partial charge in [0.1, 0.15) is 12.3 Å². The molecule has 0 bridgehead atoms. The maximum absolute atomic E-state index is 13.3. The molecule has 3 amide bonds. The molecule has 0 aromatic rings. The number of carbonyl (C=O) groups is 4. The van der Waals surface area contributed by atoms with Crippen LogP contribution in [0.4, 0.5) is 0 Å². The van der Waals surface area contributed by atoms with E-state index in [9.17, 15) is 24.3 Å². The number of hydrogen-bond acceptors (Lipinski definition) is 9. The van der Waals surface area contributed by atoms with Gasteiger partial charge >= 0.3 is 0 Å². The van der Waals surface area contributed by atoms with Crippen molar-refractivity contribution < 1.29 is 29.4 Å². The number of rotatable bonds is 39. The molecule has 12 heteroatoms. The van der Waals surface area contributed by atoms with E-state index >= 15 is 0 Å². The van der Waals surface area contributed by atoms with Crippen molar-refractivity contribution in [3.63, 3.8) is 0 Å². The van der Waals surface area contributed by atoms with Gasteiger partial charge in [-0.3, -0.25) is 19.8 Å². The molecule has 0 aliphatic carbocycles. The van der Waals surface area contributed by atoms with Crippen LogP contribution in [0.1, 0.15) is 183 Å². The van der Waals surface area contributed by atoms with Crippen molar-refractivity contribution in [2.45, 2.75) is 195 Å². The zero-order valence-electron chi connectivity index (χ0n) is 33.4. The molecule has 0 aliphatic rings. The van der Waals surface area contributed by atoms with E-state index in [-0.39, 0.29) is 33.3 Å². The number of aliphatic hydroxyl groups is 2. The third kappa shape index (κ3) is 33.2. The summed E-state index contributed by atoms with van der Waals surface area (Å²) >= 11 is 0. The van der Waals surface area contributed by atoms with Crippen LogP contribution in [0.5, 0.6) is 0 Å². The Morgan fingerprint density at radius 3 is 1.35 bits per heavy atom. The number of amides is 3. The Kier molecular flexibility index (Phi) is 43.8. The van der Waals surface area contributed by atoms with Gasteiger partial charge in [-0.05, 0) is 38.5 Å². The third-order valence-electron chi connectivity index (χ3n) is 9.62. The second kappa shape index (κ2) is 42.0. The van der Waals surface area contributed by atoms with Gasteiger partial charge in [-0.25, -0.2) is 5.43 Å². The maximum atomic E-state index is 13.3. The minimum Gasteiger partial charge on any atom is -0.394 e. The van der Waals surface area contributed by atoms with Crippen molar-refractivity contribution in [1.82, 2.24) is 26.0 Å². The maximum Gasteiger partial charge on any atom is 0.239 e. The van der Waals surface area contributed by atoms with Crippen LogP contribution < -0.4 is 21.9 Å². The quantitative estimate of drug-likeness (QED) is 0.0234. The van der Waals surface area contributed by atoms with Crippen LogP contribution in [0.2, 0.25) is 0 Å². The highest BCUT2D eigenvalue weighted by atomic mass is 16.3. The first-order chi connectivity index (χ1) is 25.3. The number of hydrogen-bond donors (Lipinski definition) is 6. The first-order valence-electron chi connectivity index (χ1n) is 21.1. The average molecular weight is 773 g/mol. The first-order valence-corrected chi connectivity index (χ1v) is 21.1. The molecule has 0 saturated heterocycles. The highest BCUT2D eigenvalue weighted by Gasteiger charge is 2.17. The third-order valence-corrected chi connectivity index (χ3v) is 9.62. The number of aliphatic hydroxyl groups excluding tert-OH is 2. The molecule has 0 spiro atoms. The van der Waals surface area contributed by atoms with Crippen molar-refractivity contribution in [3.8, 4) is 0 Å². The fourth-order valence-corrected chi connectivity index (χ4v) is 6.20. The Labute approximate surface area is 331 Å². The van der Waals surface area contributed by atoms with Crippen LogP contribution in [0.3, 0.4) is 0 Å². The van der Waals surface area contributed by atoms with Crippen LogP contribution in [0.15, 0.2) is 0 Å². The number of nitrogens with one attached hydrogen (secondary N) is 3. The summed E-state index contributed by atoms with van der Waals surface area (Å²) in [5.74, 6) is -0.105. The van der Waals surface area contributed by atoms with Crippen LogP contribution >= 0.6 is 0 Å². The Bertz CT molecular complexity index is 867. The van der Waals surface area contributed by atoms with Crippen molar-refractivity contribution >= 4 is 24.0 Å². The average Bonchev–Trinajstić information content (AvgIpc) is 3.15. The Morgan fingerprint density at radius 1 is 0.574 bits per heavy atom. The van der Waals surface area contributed by atoms with E-state index in [1.54, 1.807) is 0 Å². The predicted octanol–water partition coefficient (Wildman–Crippen LogP) is 6.41. The minimum atomic E-state index is -0.948. The number of nitrogens with two attached hydrogens (primary N) is 1. The molecule has 0 unspecified atom stereocenters. The molecule has 0 saturated carbocycles. The number of hydrazine groups is 1. The fourth-order valence-electron chi connectivity index (χ4n) is 6.20. The molecule has 2 atom stereocenters. The lowest BCUT2D eigenvalue weighted by Gasteiger charge is -2.26. The summed E-state index contributed by atoms with van der Waals surface area (Å²) in [5, 5.41) is 21.1. The molecule has 0 aromatic carbocycles. The summed E-state index contributed by atoms with van der Waals surface area (Å²) in [5.41, 5.74) is 11.4. The summed E-state index contributed by atoms with van der Waals surface area (Å²) in [4.78, 5) is 53.3. The van der Waals surface area contributed by atoms with E-state index in [1.165, 1.54) is 83.5 Å². The van der Waals surface area contributed by atoms with Gasteiger partial charge in [0.05, 0.1) is 19.3 Å². The van der Waals surface area contributed by atoms with E-state index < -0.39 is 24.6 Å². The van der Waals surface area contributed by atoms with Crippen LogP contribution in [-0.2, 0) is 19.2 Å². The second-order valence-corrected chi connectivity index (χ2v) is 14.4. The summed E-state index contributed by atoms with van der Waals surface area (Å²) in [6.45, 7) is 7.02. The number of unbranched alkanes of at least 4 members (excludes halogenated alkanes) is 17. The molecule has 0 radical (unpaired) electrons. The zero-order chi connectivity index (χ0) is 38.5. The molecule has 0 heterocycles. The Hall–Kier alpha value is -2.12. The lowest BCUT2D eigenvalue weighted by Crippen LogP contribution is -2.45. The molecule has 12 nitrogen and oxygen atoms in total. The van der Waals surface area contributed by atoms with Gasteiger partial charge in [-0.2, -0.15) is 0 Å². The van der Waals surface area contributed by atoms with Gasteiger partial charge in [0.15, 0.2) is 0 Å².